The first-order valence-corrected chi connectivity index (χ1v) is 6.96. The van der Waals surface area contributed by atoms with Crippen LogP contribution in [0.25, 0.3) is 0 Å². The summed E-state index contributed by atoms with van der Waals surface area (Å²) >= 11 is 0. The fourth-order valence-electron chi connectivity index (χ4n) is 3.79. The Bertz CT molecular complexity index is 675. The summed E-state index contributed by atoms with van der Waals surface area (Å²) < 4.78 is 0. The highest BCUT2D eigenvalue weighted by molar-refractivity contribution is 5.97. The van der Waals surface area contributed by atoms with E-state index in [1.807, 2.05) is 6.07 Å². The molecule has 4 nitrogen and oxygen atoms in total. The van der Waals surface area contributed by atoms with Crippen LogP contribution in [0.2, 0.25) is 0 Å². The topological polar surface area (TPSA) is 61.4 Å². The number of rotatable bonds is 0. The van der Waals surface area contributed by atoms with Crippen LogP contribution in [-0.2, 0) is 10.2 Å². The molecule has 1 aromatic carbocycles. The third-order valence-corrected chi connectivity index (χ3v) is 4.65. The first-order valence-electron chi connectivity index (χ1n) is 6.96. The van der Waals surface area contributed by atoms with Crippen molar-refractivity contribution in [3.63, 3.8) is 0 Å². The molecule has 0 saturated heterocycles. The van der Waals surface area contributed by atoms with Crippen LogP contribution in [0.4, 0.5) is 5.69 Å². The number of fused-ring (bicyclic) bond motifs is 4. The molecule has 1 aromatic rings. The van der Waals surface area contributed by atoms with Crippen LogP contribution in [0.3, 0.4) is 0 Å². The molecule has 1 saturated carbocycles. The summed E-state index contributed by atoms with van der Waals surface area (Å²) in [5, 5.41) is 15.8. The molecule has 1 atom stereocenters. The third kappa shape index (κ3) is 1.45. The van der Waals surface area contributed by atoms with E-state index < -0.39 is 0 Å². The average molecular weight is 268 g/mol. The fraction of sp³-hybridized carbons (Fsp3) is 0.312. The van der Waals surface area contributed by atoms with Crippen LogP contribution < -0.4 is 10.6 Å². The van der Waals surface area contributed by atoms with E-state index in [9.17, 15) is 9.90 Å². The van der Waals surface area contributed by atoms with Gasteiger partial charge in [-0.1, -0.05) is 12.1 Å². The first-order chi connectivity index (χ1) is 9.69. The van der Waals surface area contributed by atoms with Crippen LogP contribution >= 0.6 is 0 Å². The Morgan fingerprint density at radius 1 is 1.30 bits per heavy atom. The van der Waals surface area contributed by atoms with E-state index in [1.165, 1.54) is 11.1 Å². The number of benzene rings is 1. The first kappa shape index (κ1) is 11.6. The molecule has 0 aromatic heterocycles. The van der Waals surface area contributed by atoms with Crippen LogP contribution in [0, 0.1) is 0 Å². The van der Waals surface area contributed by atoms with Gasteiger partial charge in [-0.25, -0.2) is 0 Å². The zero-order valence-corrected chi connectivity index (χ0v) is 11.1. The predicted molar refractivity (Wildman–Crippen MR) is 76.4 cm³/mol. The number of nitrogens with one attached hydrogen (secondary N) is 2. The number of carbonyl (C=O) groups is 1. The minimum absolute atomic E-state index is 0.0239. The number of hydrogen-bond acceptors (Lipinski definition) is 3. The Labute approximate surface area is 117 Å². The van der Waals surface area contributed by atoms with Gasteiger partial charge >= 0.3 is 0 Å². The number of phenols is 1. The number of dihydropyridines is 1. The maximum Gasteiger partial charge on any atom is 0.225 e. The van der Waals surface area contributed by atoms with Crippen LogP contribution in [0.5, 0.6) is 5.75 Å². The van der Waals surface area contributed by atoms with E-state index in [1.54, 1.807) is 12.1 Å². The van der Waals surface area contributed by atoms with Gasteiger partial charge in [-0.15, -0.1) is 0 Å². The van der Waals surface area contributed by atoms with E-state index >= 15 is 0 Å². The van der Waals surface area contributed by atoms with E-state index in [0.29, 0.717) is 6.42 Å². The molecular weight excluding hydrogens is 252 g/mol. The monoisotopic (exact) mass is 268 g/mol. The molecule has 1 amide bonds. The largest absolute Gasteiger partial charge is 0.508 e. The molecular formula is C16H16N2O2. The smallest absolute Gasteiger partial charge is 0.225 e. The Morgan fingerprint density at radius 2 is 2.20 bits per heavy atom. The minimum atomic E-state index is -0.232. The SMILES string of the molecule is O=C1CC2(CCC3=CCNC=C32)c2ccc(O)cc2N1. The lowest BCUT2D eigenvalue weighted by Gasteiger charge is -2.37. The molecule has 0 bridgehead atoms. The number of allylic oxidation sites excluding steroid dienone is 2. The van der Waals surface area contributed by atoms with Crippen molar-refractivity contribution >= 4 is 11.6 Å². The van der Waals surface area contributed by atoms with Gasteiger partial charge in [-0.05, 0) is 35.6 Å². The standard InChI is InChI=1S/C16H16N2O2/c19-11-1-2-12-14(7-11)18-15(20)8-16(12)5-3-10-4-6-17-9-13(10)16/h1-2,4,7,9,17,19H,3,5-6,8H2,(H,18,20). The summed E-state index contributed by atoms with van der Waals surface area (Å²) in [5.41, 5.74) is 4.23. The van der Waals surface area contributed by atoms with Crippen molar-refractivity contribution in [1.82, 2.24) is 5.32 Å². The fourth-order valence-corrected chi connectivity index (χ4v) is 3.79. The number of carbonyl (C=O) groups excluding carboxylic acids is 1. The van der Waals surface area contributed by atoms with Gasteiger partial charge in [0.2, 0.25) is 5.91 Å². The summed E-state index contributed by atoms with van der Waals surface area (Å²) in [7, 11) is 0. The Hall–Kier alpha value is -2.23. The van der Waals surface area contributed by atoms with Gasteiger partial charge in [0.1, 0.15) is 5.75 Å². The number of aromatic hydroxyl groups is 1. The normalized spacial score (nSPS) is 27.1. The second-order valence-electron chi connectivity index (χ2n) is 5.73. The maximum absolute atomic E-state index is 12.1. The molecule has 1 aliphatic carbocycles. The van der Waals surface area contributed by atoms with E-state index in [2.05, 4.69) is 22.9 Å². The van der Waals surface area contributed by atoms with Gasteiger partial charge in [-0.3, -0.25) is 4.79 Å². The van der Waals surface area contributed by atoms with E-state index in [4.69, 9.17) is 0 Å². The van der Waals surface area contributed by atoms with Gasteiger partial charge < -0.3 is 15.7 Å². The highest BCUT2D eigenvalue weighted by Gasteiger charge is 2.48. The summed E-state index contributed by atoms with van der Waals surface area (Å²) in [6, 6.07) is 5.30. The van der Waals surface area contributed by atoms with Crippen LogP contribution in [-0.4, -0.2) is 17.6 Å². The molecule has 3 N–H and O–H groups in total. The van der Waals surface area contributed by atoms with Gasteiger partial charge in [0.05, 0.1) is 0 Å². The van der Waals surface area contributed by atoms with Crippen molar-refractivity contribution in [2.45, 2.75) is 24.7 Å². The van der Waals surface area contributed by atoms with Gasteiger partial charge in [0.25, 0.3) is 0 Å². The number of phenolic OH excluding ortho intramolecular Hbond substituents is 1. The Kier molecular flexibility index (Phi) is 2.25. The second kappa shape index (κ2) is 3.88. The Morgan fingerprint density at radius 3 is 3.10 bits per heavy atom. The zero-order chi connectivity index (χ0) is 13.7. The van der Waals surface area contributed by atoms with Crippen molar-refractivity contribution in [2.24, 2.45) is 0 Å². The molecule has 1 fully saturated rings. The number of hydrogen-bond donors (Lipinski definition) is 3. The molecule has 3 aliphatic rings. The summed E-state index contributed by atoms with van der Waals surface area (Å²) in [6.45, 7) is 0.865. The van der Waals surface area contributed by atoms with Crippen molar-refractivity contribution in [1.29, 1.82) is 0 Å². The lowest BCUT2D eigenvalue weighted by atomic mass is 9.70. The molecule has 4 heteroatoms. The lowest BCUT2D eigenvalue weighted by Crippen LogP contribution is -2.37. The van der Waals surface area contributed by atoms with Gasteiger partial charge in [0.15, 0.2) is 0 Å². The maximum atomic E-state index is 12.1. The van der Waals surface area contributed by atoms with E-state index in [0.717, 1.165) is 30.6 Å². The van der Waals surface area contributed by atoms with Gasteiger partial charge in [-0.2, -0.15) is 0 Å². The van der Waals surface area contributed by atoms with Crippen molar-refractivity contribution in [3.05, 3.63) is 47.2 Å². The molecule has 2 heterocycles. The third-order valence-electron chi connectivity index (χ3n) is 4.65. The lowest BCUT2D eigenvalue weighted by molar-refractivity contribution is -0.117. The molecule has 1 unspecified atom stereocenters. The highest BCUT2D eigenvalue weighted by Crippen LogP contribution is 2.54. The average Bonchev–Trinajstić information content (AvgIpc) is 2.78. The van der Waals surface area contributed by atoms with Crippen LogP contribution in [0.15, 0.2) is 41.6 Å². The van der Waals surface area contributed by atoms with Gasteiger partial charge in [0, 0.05) is 36.3 Å². The highest BCUT2D eigenvalue weighted by atomic mass is 16.3. The van der Waals surface area contributed by atoms with Crippen molar-refractivity contribution < 1.29 is 9.90 Å². The molecule has 102 valence electrons. The zero-order valence-electron chi connectivity index (χ0n) is 11.1. The molecule has 20 heavy (non-hydrogen) atoms. The molecule has 4 rings (SSSR count). The number of anilines is 1. The predicted octanol–water partition coefficient (Wildman–Crippen LogP) is 2.18. The van der Waals surface area contributed by atoms with Crippen LogP contribution in [0.1, 0.15) is 24.8 Å². The summed E-state index contributed by atoms with van der Waals surface area (Å²) in [6.07, 6.45) is 6.74. The Balaban J connectivity index is 1.93. The summed E-state index contributed by atoms with van der Waals surface area (Å²) in [4.78, 5) is 12.1. The summed E-state index contributed by atoms with van der Waals surface area (Å²) in [5.74, 6) is 0.210. The molecule has 1 spiro atoms. The van der Waals surface area contributed by atoms with E-state index in [-0.39, 0.29) is 17.1 Å². The molecule has 2 aliphatic heterocycles. The minimum Gasteiger partial charge on any atom is -0.508 e. The number of amides is 1. The quantitative estimate of drug-likeness (QED) is 0.676. The second-order valence-corrected chi connectivity index (χ2v) is 5.73. The van der Waals surface area contributed by atoms with Crippen molar-refractivity contribution in [2.75, 3.05) is 11.9 Å². The van der Waals surface area contributed by atoms with Crippen molar-refractivity contribution in [3.8, 4) is 5.75 Å². The molecule has 0 radical (unpaired) electrons.